The molecule has 108 valence electrons. The monoisotopic (exact) mass is 279 g/mol. The standard InChI is InChI=1S/C14H18FN3O2/c1-10-3-4-11(15)9-12(10)17-13(19)14(20)18-7-2-5-16-6-8-18/h3-4,9,16H,2,5-8H2,1H3,(H,17,19). The van der Waals surface area contributed by atoms with E-state index in [-0.39, 0.29) is 0 Å². The minimum Gasteiger partial charge on any atom is -0.333 e. The minimum atomic E-state index is -0.722. The van der Waals surface area contributed by atoms with Gasteiger partial charge in [0.1, 0.15) is 5.82 Å². The molecule has 2 N–H and O–H groups in total. The first kappa shape index (κ1) is 14.5. The van der Waals surface area contributed by atoms with Gasteiger partial charge in [0.05, 0.1) is 0 Å². The highest BCUT2D eigenvalue weighted by molar-refractivity contribution is 6.39. The lowest BCUT2D eigenvalue weighted by Gasteiger charge is -2.19. The molecule has 2 rings (SSSR count). The van der Waals surface area contributed by atoms with E-state index in [0.717, 1.165) is 13.0 Å². The lowest BCUT2D eigenvalue weighted by Crippen LogP contribution is -2.41. The van der Waals surface area contributed by atoms with Gasteiger partial charge in [-0.3, -0.25) is 9.59 Å². The second kappa shape index (κ2) is 6.47. The zero-order valence-electron chi connectivity index (χ0n) is 11.4. The third-order valence-corrected chi connectivity index (χ3v) is 3.27. The van der Waals surface area contributed by atoms with E-state index in [2.05, 4.69) is 10.6 Å². The van der Waals surface area contributed by atoms with Crippen molar-refractivity contribution in [2.75, 3.05) is 31.5 Å². The van der Waals surface area contributed by atoms with E-state index in [0.29, 0.717) is 30.9 Å². The molecule has 0 aromatic heterocycles. The van der Waals surface area contributed by atoms with Gasteiger partial charge in [-0.25, -0.2) is 4.39 Å². The molecule has 0 spiro atoms. The van der Waals surface area contributed by atoms with Crippen LogP contribution in [0.1, 0.15) is 12.0 Å². The highest BCUT2D eigenvalue weighted by Crippen LogP contribution is 2.16. The maximum atomic E-state index is 13.2. The molecule has 1 aliphatic rings. The Bertz CT molecular complexity index is 511. The number of rotatable bonds is 1. The van der Waals surface area contributed by atoms with Crippen molar-refractivity contribution >= 4 is 17.5 Å². The van der Waals surface area contributed by atoms with Crippen LogP contribution < -0.4 is 10.6 Å². The molecule has 1 aromatic rings. The topological polar surface area (TPSA) is 61.4 Å². The number of carbonyl (C=O) groups excluding carboxylic acids is 2. The lowest BCUT2D eigenvalue weighted by molar-refractivity contribution is -0.143. The Morgan fingerprint density at radius 2 is 2.10 bits per heavy atom. The maximum Gasteiger partial charge on any atom is 0.313 e. The molecular formula is C14H18FN3O2. The van der Waals surface area contributed by atoms with Gasteiger partial charge in [0.15, 0.2) is 0 Å². The normalized spacial score (nSPS) is 15.6. The third kappa shape index (κ3) is 3.54. The predicted octanol–water partition coefficient (Wildman–Crippen LogP) is 0.895. The van der Waals surface area contributed by atoms with Crippen LogP contribution in [0.5, 0.6) is 0 Å². The van der Waals surface area contributed by atoms with E-state index in [1.54, 1.807) is 13.0 Å². The highest BCUT2D eigenvalue weighted by atomic mass is 19.1. The molecule has 1 fully saturated rings. The van der Waals surface area contributed by atoms with Crippen LogP contribution in [0.4, 0.5) is 10.1 Å². The average molecular weight is 279 g/mol. The number of aryl methyl sites for hydroxylation is 1. The van der Waals surface area contributed by atoms with Crippen LogP contribution >= 0.6 is 0 Å². The van der Waals surface area contributed by atoms with Crippen LogP contribution in [0.25, 0.3) is 0 Å². The van der Waals surface area contributed by atoms with E-state index >= 15 is 0 Å². The summed E-state index contributed by atoms with van der Waals surface area (Å²) in [6.07, 6.45) is 0.817. The lowest BCUT2D eigenvalue weighted by atomic mass is 10.2. The van der Waals surface area contributed by atoms with Gasteiger partial charge < -0.3 is 15.5 Å². The number of hydrogen-bond acceptors (Lipinski definition) is 3. The molecule has 5 nitrogen and oxygen atoms in total. The highest BCUT2D eigenvalue weighted by Gasteiger charge is 2.22. The van der Waals surface area contributed by atoms with Gasteiger partial charge in [-0.1, -0.05) is 6.07 Å². The summed E-state index contributed by atoms with van der Waals surface area (Å²) in [6, 6.07) is 4.09. The van der Waals surface area contributed by atoms with Crippen molar-refractivity contribution in [1.82, 2.24) is 10.2 Å². The summed E-state index contributed by atoms with van der Waals surface area (Å²) >= 11 is 0. The first-order valence-electron chi connectivity index (χ1n) is 6.65. The van der Waals surface area contributed by atoms with Crippen LogP contribution in [0, 0.1) is 12.7 Å². The number of carbonyl (C=O) groups is 2. The number of benzene rings is 1. The molecule has 6 heteroatoms. The summed E-state index contributed by atoms with van der Waals surface area (Å²) in [5.74, 6) is -1.74. The Labute approximate surface area is 117 Å². The molecule has 1 heterocycles. The number of nitrogens with one attached hydrogen (secondary N) is 2. The summed E-state index contributed by atoms with van der Waals surface area (Å²) < 4.78 is 13.2. The Hall–Kier alpha value is -1.95. The van der Waals surface area contributed by atoms with Crippen molar-refractivity contribution in [3.05, 3.63) is 29.6 Å². The molecule has 0 radical (unpaired) electrons. The van der Waals surface area contributed by atoms with Crippen molar-refractivity contribution in [2.45, 2.75) is 13.3 Å². The Balaban J connectivity index is 2.03. The molecule has 0 atom stereocenters. The molecule has 1 aromatic carbocycles. The van der Waals surface area contributed by atoms with Gasteiger partial charge in [0.25, 0.3) is 0 Å². The van der Waals surface area contributed by atoms with Crippen LogP contribution in [0.2, 0.25) is 0 Å². The first-order valence-corrected chi connectivity index (χ1v) is 6.65. The Kier molecular flexibility index (Phi) is 4.68. The molecule has 1 saturated heterocycles. The summed E-state index contributed by atoms with van der Waals surface area (Å²) in [5, 5.41) is 5.64. The van der Waals surface area contributed by atoms with E-state index in [9.17, 15) is 14.0 Å². The fourth-order valence-corrected chi connectivity index (χ4v) is 2.10. The average Bonchev–Trinajstić information content (AvgIpc) is 2.71. The molecule has 2 amide bonds. The largest absolute Gasteiger partial charge is 0.333 e. The number of amides is 2. The van der Waals surface area contributed by atoms with Crippen molar-refractivity contribution in [1.29, 1.82) is 0 Å². The smallest absolute Gasteiger partial charge is 0.313 e. The first-order chi connectivity index (χ1) is 9.58. The van der Waals surface area contributed by atoms with Gasteiger partial charge in [0.2, 0.25) is 0 Å². The van der Waals surface area contributed by atoms with Gasteiger partial charge in [-0.05, 0) is 37.6 Å². The van der Waals surface area contributed by atoms with Gasteiger partial charge >= 0.3 is 11.8 Å². The fraction of sp³-hybridized carbons (Fsp3) is 0.429. The van der Waals surface area contributed by atoms with E-state index in [1.807, 2.05) is 0 Å². The van der Waals surface area contributed by atoms with Gasteiger partial charge in [0, 0.05) is 25.3 Å². The summed E-state index contributed by atoms with van der Waals surface area (Å²) in [6.45, 7) is 4.33. The number of hydrogen-bond donors (Lipinski definition) is 2. The van der Waals surface area contributed by atoms with Crippen LogP contribution in [-0.4, -0.2) is 42.9 Å². The molecule has 0 unspecified atom stereocenters. The van der Waals surface area contributed by atoms with Crippen molar-refractivity contribution in [3.63, 3.8) is 0 Å². The molecular weight excluding hydrogens is 261 g/mol. The number of anilines is 1. The van der Waals surface area contributed by atoms with Crippen LogP contribution in [0.15, 0.2) is 18.2 Å². The van der Waals surface area contributed by atoms with Crippen LogP contribution in [0.3, 0.4) is 0 Å². The third-order valence-electron chi connectivity index (χ3n) is 3.27. The molecule has 20 heavy (non-hydrogen) atoms. The SMILES string of the molecule is Cc1ccc(F)cc1NC(=O)C(=O)N1CCCNCC1. The number of halogens is 1. The Morgan fingerprint density at radius 1 is 1.30 bits per heavy atom. The summed E-state index contributed by atoms with van der Waals surface area (Å²) in [7, 11) is 0. The molecule has 0 aliphatic carbocycles. The van der Waals surface area contributed by atoms with E-state index in [1.165, 1.54) is 17.0 Å². The predicted molar refractivity (Wildman–Crippen MR) is 73.8 cm³/mol. The number of nitrogens with zero attached hydrogens (tertiary/aromatic N) is 1. The summed E-state index contributed by atoms with van der Waals surface area (Å²) in [4.78, 5) is 25.5. The molecule has 0 saturated carbocycles. The fourth-order valence-electron chi connectivity index (χ4n) is 2.10. The maximum absolute atomic E-state index is 13.2. The quantitative estimate of drug-likeness (QED) is 0.751. The van der Waals surface area contributed by atoms with Crippen molar-refractivity contribution in [2.24, 2.45) is 0 Å². The van der Waals surface area contributed by atoms with E-state index in [4.69, 9.17) is 0 Å². The van der Waals surface area contributed by atoms with Gasteiger partial charge in [-0.2, -0.15) is 0 Å². The zero-order chi connectivity index (χ0) is 14.5. The second-order valence-electron chi connectivity index (χ2n) is 4.81. The van der Waals surface area contributed by atoms with E-state index < -0.39 is 17.6 Å². The van der Waals surface area contributed by atoms with Crippen molar-refractivity contribution < 1.29 is 14.0 Å². The minimum absolute atomic E-state index is 0.330. The molecule has 0 bridgehead atoms. The summed E-state index contributed by atoms with van der Waals surface area (Å²) in [5.41, 5.74) is 1.04. The second-order valence-corrected chi connectivity index (χ2v) is 4.81. The zero-order valence-corrected chi connectivity index (χ0v) is 11.4. The van der Waals surface area contributed by atoms with Crippen molar-refractivity contribution in [3.8, 4) is 0 Å². The van der Waals surface area contributed by atoms with Crippen LogP contribution in [-0.2, 0) is 9.59 Å². The Morgan fingerprint density at radius 3 is 2.90 bits per heavy atom. The molecule has 1 aliphatic heterocycles. The van der Waals surface area contributed by atoms with Gasteiger partial charge in [-0.15, -0.1) is 0 Å².